The molecule has 0 aromatic heterocycles. The molecule has 0 rings (SSSR count). The van der Waals surface area contributed by atoms with Gasteiger partial charge in [0.1, 0.15) is 0 Å². The van der Waals surface area contributed by atoms with Gasteiger partial charge in [0.25, 0.3) is 6.43 Å². The number of hydrogen-bond acceptors (Lipinski definition) is 2. The molecule has 0 aliphatic rings. The summed E-state index contributed by atoms with van der Waals surface area (Å²) in [5.74, 6) is -0.720. The van der Waals surface area contributed by atoms with Gasteiger partial charge in [-0.15, -0.1) is 0 Å². The number of carbonyl (C=O) groups excluding carboxylic acids is 1. The second-order valence-electron chi connectivity index (χ2n) is 2.67. The third-order valence-corrected chi connectivity index (χ3v) is 1.04. The predicted octanol–water partition coefficient (Wildman–Crippen LogP) is 2.15. The van der Waals surface area contributed by atoms with Crippen molar-refractivity contribution in [1.29, 1.82) is 0 Å². The van der Waals surface area contributed by atoms with Crippen molar-refractivity contribution in [2.75, 3.05) is 0 Å². The minimum atomic E-state index is -2.59. The van der Waals surface area contributed by atoms with E-state index in [4.69, 9.17) is 0 Å². The van der Waals surface area contributed by atoms with Crippen molar-refractivity contribution >= 4 is 5.97 Å². The van der Waals surface area contributed by atoms with Crippen LogP contribution < -0.4 is 0 Å². The average molecular weight is 178 g/mol. The second kappa shape index (κ2) is 4.85. The Hall–Kier alpha value is -0.930. The number of rotatable bonds is 3. The van der Waals surface area contributed by atoms with Crippen LogP contribution in [0.3, 0.4) is 0 Å². The fraction of sp³-hybridized carbons (Fsp3) is 0.625. The first-order chi connectivity index (χ1) is 5.43. The monoisotopic (exact) mass is 178 g/mol. The van der Waals surface area contributed by atoms with Gasteiger partial charge >= 0.3 is 5.97 Å². The van der Waals surface area contributed by atoms with Crippen LogP contribution in [0.4, 0.5) is 8.78 Å². The minimum absolute atomic E-state index is 0.277. The summed E-state index contributed by atoms with van der Waals surface area (Å²) in [6, 6.07) is 0. The third kappa shape index (κ3) is 4.82. The van der Waals surface area contributed by atoms with E-state index in [0.717, 1.165) is 6.08 Å². The Kier molecular flexibility index (Phi) is 4.47. The lowest BCUT2D eigenvalue weighted by Crippen LogP contribution is -2.10. The van der Waals surface area contributed by atoms with Gasteiger partial charge in [0, 0.05) is 6.08 Å². The summed E-state index contributed by atoms with van der Waals surface area (Å²) >= 11 is 0. The zero-order chi connectivity index (χ0) is 9.72. The van der Waals surface area contributed by atoms with Crippen molar-refractivity contribution in [2.45, 2.75) is 33.3 Å². The van der Waals surface area contributed by atoms with E-state index < -0.39 is 12.4 Å². The van der Waals surface area contributed by atoms with E-state index in [1.165, 1.54) is 6.92 Å². The van der Waals surface area contributed by atoms with Gasteiger partial charge in [0.2, 0.25) is 0 Å². The molecule has 0 fully saturated rings. The van der Waals surface area contributed by atoms with E-state index in [-0.39, 0.29) is 11.7 Å². The number of esters is 1. The molecule has 0 N–H and O–H groups in total. The van der Waals surface area contributed by atoms with Crippen LogP contribution in [0.25, 0.3) is 0 Å². The van der Waals surface area contributed by atoms with Crippen LogP contribution in [-0.2, 0) is 9.53 Å². The second-order valence-corrected chi connectivity index (χ2v) is 2.67. The largest absolute Gasteiger partial charge is 0.460 e. The molecule has 0 saturated carbocycles. The van der Waals surface area contributed by atoms with Gasteiger partial charge in [-0.1, -0.05) is 0 Å². The molecule has 2 nitrogen and oxygen atoms in total. The highest BCUT2D eigenvalue weighted by Crippen LogP contribution is 2.07. The van der Waals surface area contributed by atoms with Gasteiger partial charge in [-0.25, -0.2) is 13.6 Å². The molecule has 0 radical (unpaired) electrons. The molecule has 0 saturated heterocycles. The summed E-state index contributed by atoms with van der Waals surface area (Å²) in [6.45, 7) is 4.50. The first kappa shape index (κ1) is 11.1. The van der Waals surface area contributed by atoms with Gasteiger partial charge < -0.3 is 4.74 Å². The molecule has 0 aromatic rings. The van der Waals surface area contributed by atoms with E-state index in [9.17, 15) is 13.6 Å². The molecule has 0 bridgehead atoms. The Balaban J connectivity index is 4.06. The Labute approximate surface area is 70.2 Å². The molecule has 12 heavy (non-hydrogen) atoms. The van der Waals surface area contributed by atoms with Gasteiger partial charge in [-0.3, -0.25) is 0 Å². The lowest BCUT2D eigenvalue weighted by molar-refractivity contribution is -0.141. The van der Waals surface area contributed by atoms with Crippen LogP contribution in [0.2, 0.25) is 0 Å². The predicted molar refractivity (Wildman–Crippen MR) is 41.0 cm³/mol. The Morgan fingerprint density at radius 1 is 1.42 bits per heavy atom. The summed E-state index contributed by atoms with van der Waals surface area (Å²) in [5, 5.41) is 0. The zero-order valence-corrected chi connectivity index (χ0v) is 7.30. The first-order valence-corrected chi connectivity index (χ1v) is 3.60. The standard InChI is InChI=1S/C8H12F2O2/c1-5(2)12-7(11)4-6(3)8(9)10/h4-5,8H,1-3H3. The summed E-state index contributed by atoms with van der Waals surface area (Å²) < 4.78 is 28.3. The van der Waals surface area contributed by atoms with E-state index in [1.54, 1.807) is 13.8 Å². The summed E-state index contributed by atoms with van der Waals surface area (Å²) in [4.78, 5) is 10.7. The number of carbonyl (C=O) groups is 1. The molecule has 0 atom stereocenters. The molecule has 0 spiro atoms. The van der Waals surface area contributed by atoms with Crippen molar-refractivity contribution in [3.8, 4) is 0 Å². The summed E-state index contributed by atoms with van der Waals surface area (Å²) in [6.07, 6.45) is -2.06. The fourth-order valence-electron chi connectivity index (χ4n) is 0.515. The number of ether oxygens (including phenoxy) is 1. The van der Waals surface area contributed by atoms with Crippen LogP contribution >= 0.6 is 0 Å². The van der Waals surface area contributed by atoms with E-state index in [0.29, 0.717) is 0 Å². The maximum Gasteiger partial charge on any atom is 0.331 e. The Morgan fingerprint density at radius 3 is 2.25 bits per heavy atom. The van der Waals surface area contributed by atoms with Crippen LogP contribution in [0, 0.1) is 0 Å². The van der Waals surface area contributed by atoms with E-state index in [2.05, 4.69) is 4.74 Å². The molecular formula is C8H12F2O2. The van der Waals surface area contributed by atoms with Crippen LogP contribution in [-0.4, -0.2) is 18.5 Å². The average Bonchev–Trinajstić information content (AvgIpc) is 1.84. The highest BCUT2D eigenvalue weighted by atomic mass is 19.3. The number of hydrogen-bond donors (Lipinski definition) is 0. The Bertz CT molecular complexity index is 185. The smallest absolute Gasteiger partial charge is 0.331 e. The number of halogens is 2. The quantitative estimate of drug-likeness (QED) is 0.489. The maximum absolute atomic E-state index is 11.9. The van der Waals surface area contributed by atoms with Crippen LogP contribution in [0.15, 0.2) is 11.6 Å². The van der Waals surface area contributed by atoms with Crippen LogP contribution in [0.1, 0.15) is 20.8 Å². The lowest BCUT2D eigenvalue weighted by atomic mass is 10.3. The molecule has 0 aliphatic carbocycles. The summed E-state index contributed by atoms with van der Waals surface area (Å²) in [5.41, 5.74) is -0.277. The lowest BCUT2D eigenvalue weighted by Gasteiger charge is -2.05. The van der Waals surface area contributed by atoms with Crippen LogP contribution in [0.5, 0.6) is 0 Å². The van der Waals surface area contributed by atoms with Crippen molar-refractivity contribution in [3.63, 3.8) is 0 Å². The van der Waals surface area contributed by atoms with Gasteiger partial charge in [-0.2, -0.15) is 0 Å². The SMILES string of the molecule is CC(=CC(=O)OC(C)C)C(F)F. The Morgan fingerprint density at radius 2 is 1.92 bits per heavy atom. The normalized spacial score (nSPS) is 12.4. The molecule has 0 aliphatic heterocycles. The highest BCUT2D eigenvalue weighted by Gasteiger charge is 2.08. The number of alkyl halides is 2. The molecule has 0 heterocycles. The topological polar surface area (TPSA) is 26.3 Å². The first-order valence-electron chi connectivity index (χ1n) is 3.60. The highest BCUT2D eigenvalue weighted by molar-refractivity contribution is 5.82. The van der Waals surface area contributed by atoms with Crippen molar-refractivity contribution < 1.29 is 18.3 Å². The van der Waals surface area contributed by atoms with Crippen molar-refractivity contribution in [1.82, 2.24) is 0 Å². The van der Waals surface area contributed by atoms with E-state index in [1.807, 2.05) is 0 Å². The summed E-state index contributed by atoms with van der Waals surface area (Å²) in [7, 11) is 0. The molecule has 70 valence electrons. The zero-order valence-electron chi connectivity index (χ0n) is 7.30. The van der Waals surface area contributed by atoms with Gasteiger partial charge in [0.15, 0.2) is 0 Å². The van der Waals surface area contributed by atoms with Crippen molar-refractivity contribution in [2.24, 2.45) is 0 Å². The molecule has 0 unspecified atom stereocenters. The molecule has 4 heteroatoms. The minimum Gasteiger partial charge on any atom is -0.460 e. The van der Waals surface area contributed by atoms with Gasteiger partial charge in [-0.05, 0) is 26.3 Å². The van der Waals surface area contributed by atoms with Crippen molar-refractivity contribution in [3.05, 3.63) is 11.6 Å². The van der Waals surface area contributed by atoms with E-state index >= 15 is 0 Å². The number of allylic oxidation sites excluding steroid dienone is 1. The molecule has 0 aromatic carbocycles. The molecular weight excluding hydrogens is 166 g/mol. The maximum atomic E-state index is 11.9. The molecule has 0 amide bonds. The fourth-order valence-corrected chi connectivity index (χ4v) is 0.515. The third-order valence-electron chi connectivity index (χ3n) is 1.04. The van der Waals surface area contributed by atoms with Gasteiger partial charge in [0.05, 0.1) is 6.10 Å².